The topological polar surface area (TPSA) is 48.9 Å². The molecule has 0 amide bonds. The fourth-order valence-corrected chi connectivity index (χ4v) is 1.63. The summed E-state index contributed by atoms with van der Waals surface area (Å²) in [5.74, 6) is 0.433. The summed E-state index contributed by atoms with van der Waals surface area (Å²) in [7, 11) is 0. The average Bonchev–Trinajstić information content (AvgIpc) is 2.55. The van der Waals surface area contributed by atoms with Crippen LogP contribution >= 0.6 is 0 Å². The molecule has 1 saturated carbocycles. The normalized spacial score (nSPS) is 35.6. The summed E-state index contributed by atoms with van der Waals surface area (Å²) in [4.78, 5) is 0. The molecule has 0 aromatic carbocycles. The van der Waals surface area contributed by atoms with Crippen molar-refractivity contribution in [1.29, 1.82) is 0 Å². The van der Waals surface area contributed by atoms with Crippen LogP contribution in [0, 0.1) is 5.92 Å². The molecule has 2 atom stereocenters. The highest BCUT2D eigenvalue weighted by atomic mass is 16.3. The van der Waals surface area contributed by atoms with Gasteiger partial charge in [-0.05, 0) is 18.4 Å². The van der Waals surface area contributed by atoms with Crippen molar-refractivity contribution in [3.63, 3.8) is 0 Å². The number of aromatic amines is 1. The fourth-order valence-electron chi connectivity index (χ4n) is 1.63. The van der Waals surface area contributed by atoms with Gasteiger partial charge in [-0.1, -0.05) is 13.3 Å². The molecule has 2 unspecified atom stereocenters. The lowest BCUT2D eigenvalue weighted by molar-refractivity contribution is 0.125. The summed E-state index contributed by atoms with van der Waals surface area (Å²) in [6, 6.07) is 1.84. The van der Waals surface area contributed by atoms with Gasteiger partial charge in [-0.3, -0.25) is 5.10 Å². The van der Waals surface area contributed by atoms with Crippen LogP contribution in [0.1, 0.15) is 25.5 Å². The van der Waals surface area contributed by atoms with E-state index in [1.54, 1.807) is 6.20 Å². The van der Waals surface area contributed by atoms with E-state index in [0.29, 0.717) is 5.92 Å². The van der Waals surface area contributed by atoms with Crippen LogP contribution in [-0.4, -0.2) is 15.3 Å². The van der Waals surface area contributed by atoms with Gasteiger partial charge in [0, 0.05) is 6.20 Å². The molecule has 0 spiro atoms. The van der Waals surface area contributed by atoms with Gasteiger partial charge in [-0.2, -0.15) is 5.10 Å². The number of H-pyrrole nitrogens is 1. The summed E-state index contributed by atoms with van der Waals surface area (Å²) >= 11 is 0. The predicted octanol–water partition coefficient (Wildman–Crippen LogP) is 1.03. The predicted molar refractivity (Wildman–Crippen MR) is 40.9 cm³/mol. The molecule has 1 aromatic rings. The third kappa shape index (κ3) is 0.878. The molecule has 1 aromatic heterocycles. The van der Waals surface area contributed by atoms with Gasteiger partial charge in [0.05, 0.1) is 5.69 Å². The molecule has 0 bridgehead atoms. The summed E-state index contributed by atoms with van der Waals surface area (Å²) < 4.78 is 0. The monoisotopic (exact) mass is 152 g/mol. The first-order valence-electron chi connectivity index (χ1n) is 3.99. The maximum atomic E-state index is 9.88. The number of hydrogen-bond acceptors (Lipinski definition) is 2. The van der Waals surface area contributed by atoms with E-state index >= 15 is 0 Å². The van der Waals surface area contributed by atoms with Crippen LogP contribution in [0.3, 0.4) is 0 Å². The quantitative estimate of drug-likeness (QED) is 0.664. The molecular formula is C8H12N2O. The third-order valence-corrected chi connectivity index (χ3v) is 2.53. The highest BCUT2D eigenvalue weighted by Gasteiger charge is 2.53. The molecule has 0 radical (unpaired) electrons. The lowest BCUT2D eigenvalue weighted by Gasteiger charge is -2.05. The largest absolute Gasteiger partial charge is 0.383 e. The Labute approximate surface area is 65.4 Å². The van der Waals surface area contributed by atoms with Crippen molar-refractivity contribution in [3.05, 3.63) is 18.0 Å². The number of rotatable bonds is 2. The van der Waals surface area contributed by atoms with E-state index in [4.69, 9.17) is 0 Å². The van der Waals surface area contributed by atoms with Crippen LogP contribution in [0.4, 0.5) is 0 Å². The second-order valence-electron chi connectivity index (χ2n) is 3.20. The lowest BCUT2D eigenvalue weighted by atomic mass is 10.1. The molecule has 2 N–H and O–H groups in total. The van der Waals surface area contributed by atoms with Crippen molar-refractivity contribution in [1.82, 2.24) is 10.2 Å². The zero-order chi connectivity index (χ0) is 7.90. The number of nitrogens with zero attached hydrogens (tertiary/aromatic N) is 1. The Morgan fingerprint density at radius 1 is 1.91 bits per heavy atom. The Kier molecular flexibility index (Phi) is 1.29. The Hall–Kier alpha value is -0.830. The highest BCUT2D eigenvalue weighted by molar-refractivity contribution is 5.20. The molecule has 0 aliphatic heterocycles. The number of hydrogen-bond donors (Lipinski definition) is 2. The van der Waals surface area contributed by atoms with Gasteiger partial charge < -0.3 is 5.11 Å². The summed E-state index contributed by atoms with van der Waals surface area (Å²) in [6.45, 7) is 2.10. The first kappa shape index (κ1) is 6.85. The van der Waals surface area contributed by atoms with Gasteiger partial charge >= 0.3 is 0 Å². The maximum absolute atomic E-state index is 9.88. The standard InChI is InChI=1S/C8H12N2O/c1-2-6-5-8(6,11)7-3-4-9-10-7/h3-4,6,11H,2,5H2,1H3,(H,9,10). The van der Waals surface area contributed by atoms with E-state index < -0.39 is 5.60 Å². The molecule has 1 heterocycles. The van der Waals surface area contributed by atoms with Gasteiger partial charge in [0.15, 0.2) is 0 Å². The molecule has 2 rings (SSSR count). The number of aliphatic hydroxyl groups is 1. The van der Waals surface area contributed by atoms with Crippen molar-refractivity contribution in [2.75, 3.05) is 0 Å². The summed E-state index contributed by atoms with van der Waals surface area (Å²) in [5.41, 5.74) is 0.287. The first-order valence-corrected chi connectivity index (χ1v) is 3.99. The molecule has 3 nitrogen and oxygen atoms in total. The first-order chi connectivity index (χ1) is 5.27. The van der Waals surface area contributed by atoms with Gasteiger partial charge in [0.2, 0.25) is 0 Å². The van der Waals surface area contributed by atoms with Crippen LogP contribution in [0.15, 0.2) is 12.3 Å². The van der Waals surface area contributed by atoms with Crippen molar-refractivity contribution in [2.45, 2.75) is 25.4 Å². The molecule has 3 heteroatoms. The van der Waals surface area contributed by atoms with E-state index in [2.05, 4.69) is 17.1 Å². The number of aromatic nitrogens is 2. The average molecular weight is 152 g/mol. The Morgan fingerprint density at radius 2 is 2.73 bits per heavy atom. The van der Waals surface area contributed by atoms with E-state index in [-0.39, 0.29) is 0 Å². The van der Waals surface area contributed by atoms with Crippen LogP contribution in [0.25, 0.3) is 0 Å². The lowest BCUT2D eigenvalue weighted by Crippen LogP contribution is -2.08. The van der Waals surface area contributed by atoms with Crippen molar-refractivity contribution in [2.24, 2.45) is 5.92 Å². The van der Waals surface area contributed by atoms with Gasteiger partial charge in [-0.15, -0.1) is 0 Å². The van der Waals surface area contributed by atoms with Crippen molar-refractivity contribution < 1.29 is 5.11 Å². The maximum Gasteiger partial charge on any atom is 0.109 e. The van der Waals surface area contributed by atoms with Crippen molar-refractivity contribution in [3.8, 4) is 0 Å². The Balaban J connectivity index is 2.19. The van der Waals surface area contributed by atoms with Crippen LogP contribution in [0.5, 0.6) is 0 Å². The third-order valence-electron chi connectivity index (χ3n) is 2.53. The van der Waals surface area contributed by atoms with Crippen LogP contribution in [-0.2, 0) is 5.60 Å². The van der Waals surface area contributed by atoms with Gasteiger partial charge in [-0.25, -0.2) is 0 Å². The smallest absolute Gasteiger partial charge is 0.109 e. The van der Waals surface area contributed by atoms with E-state index in [1.807, 2.05) is 6.07 Å². The Bertz CT molecular complexity index is 245. The van der Waals surface area contributed by atoms with E-state index in [1.165, 1.54) is 0 Å². The van der Waals surface area contributed by atoms with E-state index in [9.17, 15) is 5.11 Å². The summed E-state index contributed by atoms with van der Waals surface area (Å²) in [6.07, 6.45) is 3.60. The fraction of sp³-hybridized carbons (Fsp3) is 0.625. The van der Waals surface area contributed by atoms with E-state index in [0.717, 1.165) is 18.5 Å². The SMILES string of the molecule is CCC1CC1(O)c1ccn[nH]1. The summed E-state index contributed by atoms with van der Waals surface area (Å²) in [5, 5.41) is 16.5. The minimum absolute atomic E-state index is 0.433. The Morgan fingerprint density at radius 3 is 3.18 bits per heavy atom. The number of nitrogens with one attached hydrogen (secondary N) is 1. The molecule has 1 aliphatic carbocycles. The molecule has 1 fully saturated rings. The van der Waals surface area contributed by atoms with Gasteiger partial charge in [0.1, 0.15) is 5.60 Å². The van der Waals surface area contributed by atoms with Crippen LogP contribution in [0.2, 0.25) is 0 Å². The van der Waals surface area contributed by atoms with Crippen LogP contribution < -0.4 is 0 Å². The highest BCUT2D eigenvalue weighted by Crippen LogP contribution is 2.52. The molecule has 60 valence electrons. The molecule has 1 aliphatic rings. The molecular weight excluding hydrogens is 140 g/mol. The molecule has 0 saturated heterocycles. The second kappa shape index (κ2) is 2.08. The van der Waals surface area contributed by atoms with Gasteiger partial charge in [0.25, 0.3) is 0 Å². The molecule has 11 heavy (non-hydrogen) atoms. The van der Waals surface area contributed by atoms with Crippen molar-refractivity contribution >= 4 is 0 Å². The minimum atomic E-state index is -0.578. The zero-order valence-electron chi connectivity index (χ0n) is 6.54. The zero-order valence-corrected chi connectivity index (χ0v) is 6.54. The minimum Gasteiger partial charge on any atom is -0.383 e. The second-order valence-corrected chi connectivity index (χ2v) is 3.20.